The smallest absolute Gasteiger partial charge is 0.282 e. The van der Waals surface area contributed by atoms with E-state index in [4.69, 9.17) is 4.55 Å². The fourth-order valence-corrected chi connectivity index (χ4v) is 1.17. The van der Waals surface area contributed by atoms with Gasteiger partial charge >= 0.3 is 0 Å². The summed E-state index contributed by atoms with van der Waals surface area (Å²) in [6.07, 6.45) is 1.34. The standard InChI is InChI=1S/C9H10O3S/c1-8-2-4-9(5-3-8)6-7-13(10,11)12/h2-7H,1H3,(H,10,11,12). The summed E-state index contributed by atoms with van der Waals surface area (Å²) in [5, 5.41) is 0.762. The SMILES string of the molecule is Cc1ccc(C=CS(=O)(=O)O)cc1. The lowest BCUT2D eigenvalue weighted by molar-refractivity contribution is 0.494. The van der Waals surface area contributed by atoms with E-state index >= 15 is 0 Å². The van der Waals surface area contributed by atoms with Crippen molar-refractivity contribution in [2.45, 2.75) is 6.92 Å². The highest BCUT2D eigenvalue weighted by Gasteiger charge is 1.94. The minimum absolute atomic E-state index is 0.739. The Hall–Kier alpha value is -1.13. The van der Waals surface area contributed by atoms with E-state index in [9.17, 15) is 8.42 Å². The third kappa shape index (κ3) is 3.87. The summed E-state index contributed by atoms with van der Waals surface area (Å²) >= 11 is 0. The van der Waals surface area contributed by atoms with Crippen molar-refractivity contribution in [1.82, 2.24) is 0 Å². The summed E-state index contributed by atoms with van der Waals surface area (Å²) in [6, 6.07) is 7.28. The second kappa shape index (κ2) is 3.72. The molecule has 3 nitrogen and oxygen atoms in total. The van der Waals surface area contributed by atoms with Crippen molar-refractivity contribution in [2.75, 3.05) is 0 Å². The van der Waals surface area contributed by atoms with Gasteiger partial charge in [0.25, 0.3) is 10.1 Å². The zero-order chi connectivity index (χ0) is 9.90. The molecule has 4 heteroatoms. The third-order valence-electron chi connectivity index (χ3n) is 1.51. The van der Waals surface area contributed by atoms with Gasteiger partial charge in [-0.15, -0.1) is 0 Å². The molecule has 1 aromatic rings. The van der Waals surface area contributed by atoms with E-state index in [1.165, 1.54) is 6.08 Å². The molecule has 0 spiro atoms. The number of hydrogen-bond acceptors (Lipinski definition) is 2. The largest absolute Gasteiger partial charge is 0.287 e. The lowest BCUT2D eigenvalue weighted by atomic mass is 10.2. The van der Waals surface area contributed by atoms with Crippen LogP contribution in [0.2, 0.25) is 0 Å². The second-order valence-electron chi connectivity index (χ2n) is 2.73. The molecule has 0 saturated heterocycles. The number of benzene rings is 1. The molecule has 0 aliphatic heterocycles. The van der Waals surface area contributed by atoms with Crippen molar-refractivity contribution in [3.8, 4) is 0 Å². The fourth-order valence-electron chi connectivity index (χ4n) is 0.842. The fraction of sp³-hybridized carbons (Fsp3) is 0.111. The van der Waals surface area contributed by atoms with Crippen molar-refractivity contribution in [3.63, 3.8) is 0 Å². The predicted octanol–water partition coefficient (Wildman–Crippen LogP) is 1.85. The van der Waals surface area contributed by atoms with E-state index in [1.54, 1.807) is 12.1 Å². The third-order valence-corrected chi connectivity index (χ3v) is 1.99. The Morgan fingerprint density at radius 3 is 2.23 bits per heavy atom. The Morgan fingerprint density at radius 2 is 1.77 bits per heavy atom. The first-order valence-corrected chi connectivity index (χ1v) is 5.20. The van der Waals surface area contributed by atoms with Crippen LogP contribution in [-0.2, 0) is 10.1 Å². The van der Waals surface area contributed by atoms with Gasteiger partial charge in [0.1, 0.15) is 0 Å². The molecule has 0 saturated carbocycles. The molecule has 0 bridgehead atoms. The molecule has 1 rings (SSSR count). The summed E-state index contributed by atoms with van der Waals surface area (Å²) < 4.78 is 29.1. The average Bonchev–Trinajstić information content (AvgIpc) is 2.02. The number of hydrogen-bond donors (Lipinski definition) is 1. The summed E-state index contributed by atoms with van der Waals surface area (Å²) in [5.41, 5.74) is 1.84. The van der Waals surface area contributed by atoms with Crippen molar-refractivity contribution in [2.24, 2.45) is 0 Å². The molecule has 0 aliphatic rings. The molecule has 0 heterocycles. The Bertz CT molecular complexity index is 401. The van der Waals surface area contributed by atoms with Gasteiger partial charge < -0.3 is 0 Å². The highest BCUT2D eigenvalue weighted by Crippen LogP contribution is 2.05. The van der Waals surface area contributed by atoms with Crippen molar-refractivity contribution >= 4 is 16.2 Å². The van der Waals surface area contributed by atoms with Crippen LogP contribution in [0.25, 0.3) is 6.08 Å². The first kappa shape index (κ1) is 9.95. The maximum atomic E-state index is 10.3. The van der Waals surface area contributed by atoms with Gasteiger partial charge in [-0.25, -0.2) is 0 Å². The Labute approximate surface area is 77.5 Å². The molecule has 0 radical (unpaired) electrons. The average molecular weight is 198 g/mol. The van der Waals surface area contributed by atoms with E-state index in [0.29, 0.717) is 0 Å². The molecule has 1 aromatic carbocycles. The summed E-state index contributed by atoms with van der Waals surface area (Å²) in [4.78, 5) is 0. The maximum absolute atomic E-state index is 10.3. The summed E-state index contributed by atoms with van der Waals surface area (Å²) in [5.74, 6) is 0. The van der Waals surface area contributed by atoms with E-state index < -0.39 is 10.1 Å². The molecule has 0 aromatic heterocycles. The molecular formula is C9H10O3S. The van der Waals surface area contributed by atoms with Gasteiger partial charge in [-0.05, 0) is 18.6 Å². The minimum Gasteiger partial charge on any atom is -0.282 e. The van der Waals surface area contributed by atoms with Crippen molar-refractivity contribution in [3.05, 3.63) is 40.8 Å². The van der Waals surface area contributed by atoms with Gasteiger partial charge in [0.15, 0.2) is 0 Å². The van der Waals surface area contributed by atoms with E-state index in [-0.39, 0.29) is 0 Å². The van der Waals surface area contributed by atoms with E-state index in [2.05, 4.69) is 0 Å². The van der Waals surface area contributed by atoms with Gasteiger partial charge in [0, 0.05) is 0 Å². The summed E-state index contributed by atoms with van der Waals surface area (Å²) in [6.45, 7) is 1.94. The monoisotopic (exact) mass is 198 g/mol. The molecule has 0 fully saturated rings. The minimum atomic E-state index is -4.01. The quantitative estimate of drug-likeness (QED) is 0.738. The van der Waals surface area contributed by atoms with Gasteiger partial charge in [-0.2, -0.15) is 8.42 Å². The number of rotatable bonds is 2. The van der Waals surface area contributed by atoms with Crippen LogP contribution in [0, 0.1) is 6.92 Å². The van der Waals surface area contributed by atoms with Crippen LogP contribution in [-0.4, -0.2) is 13.0 Å². The zero-order valence-electron chi connectivity index (χ0n) is 7.14. The van der Waals surface area contributed by atoms with Crippen LogP contribution in [0.1, 0.15) is 11.1 Å². The first-order valence-electron chi connectivity index (χ1n) is 3.69. The first-order chi connectivity index (χ1) is 5.97. The van der Waals surface area contributed by atoms with Crippen molar-refractivity contribution in [1.29, 1.82) is 0 Å². The van der Waals surface area contributed by atoms with Gasteiger partial charge in [-0.1, -0.05) is 29.8 Å². The van der Waals surface area contributed by atoms with Crippen LogP contribution in [0.4, 0.5) is 0 Å². The maximum Gasteiger partial charge on any atom is 0.287 e. The number of aryl methyl sites for hydroxylation is 1. The molecule has 0 unspecified atom stereocenters. The molecule has 0 atom stereocenters. The normalized spacial score (nSPS) is 12.2. The van der Waals surface area contributed by atoms with Gasteiger partial charge in [0.05, 0.1) is 5.41 Å². The zero-order valence-corrected chi connectivity index (χ0v) is 7.95. The Morgan fingerprint density at radius 1 is 1.23 bits per heavy atom. The second-order valence-corrected chi connectivity index (χ2v) is 4.03. The lowest BCUT2D eigenvalue weighted by Gasteiger charge is -1.93. The van der Waals surface area contributed by atoms with Crippen LogP contribution in [0.15, 0.2) is 29.7 Å². The Kier molecular flexibility index (Phi) is 2.85. The van der Waals surface area contributed by atoms with Crippen LogP contribution in [0.5, 0.6) is 0 Å². The van der Waals surface area contributed by atoms with E-state index in [0.717, 1.165) is 16.5 Å². The summed E-state index contributed by atoms with van der Waals surface area (Å²) in [7, 11) is -4.01. The molecule has 1 N–H and O–H groups in total. The highest BCUT2D eigenvalue weighted by atomic mass is 32.2. The molecule has 70 valence electrons. The topological polar surface area (TPSA) is 54.4 Å². The predicted molar refractivity (Wildman–Crippen MR) is 51.8 cm³/mol. The van der Waals surface area contributed by atoms with Crippen LogP contribution < -0.4 is 0 Å². The Balaban J connectivity index is 2.88. The molecule has 13 heavy (non-hydrogen) atoms. The van der Waals surface area contributed by atoms with Crippen molar-refractivity contribution < 1.29 is 13.0 Å². The molecule has 0 amide bonds. The van der Waals surface area contributed by atoms with E-state index in [1.807, 2.05) is 19.1 Å². The lowest BCUT2D eigenvalue weighted by Crippen LogP contribution is -1.88. The highest BCUT2D eigenvalue weighted by molar-refractivity contribution is 7.88. The molecule has 0 aliphatic carbocycles. The molecular weight excluding hydrogens is 188 g/mol. The van der Waals surface area contributed by atoms with Gasteiger partial charge in [0.2, 0.25) is 0 Å². The van der Waals surface area contributed by atoms with Crippen LogP contribution in [0.3, 0.4) is 0 Å². The van der Waals surface area contributed by atoms with Crippen LogP contribution >= 0.6 is 0 Å². The van der Waals surface area contributed by atoms with Gasteiger partial charge in [-0.3, -0.25) is 4.55 Å².